The highest BCUT2D eigenvalue weighted by molar-refractivity contribution is 5.14. The Labute approximate surface area is 83.3 Å². The number of nitrogens with zero attached hydrogens (tertiary/aromatic N) is 1. The molecule has 0 spiro atoms. The molecule has 1 rings (SSSR count). The van der Waals surface area contributed by atoms with Crippen molar-refractivity contribution in [3.05, 3.63) is 35.9 Å². The van der Waals surface area contributed by atoms with E-state index in [1.54, 1.807) is 11.9 Å². The third-order valence-electron chi connectivity index (χ3n) is 1.84. The molecule has 0 aliphatic heterocycles. The third-order valence-corrected chi connectivity index (χ3v) is 1.84. The molecule has 1 aromatic rings. The van der Waals surface area contributed by atoms with Crippen LogP contribution in [-0.2, 0) is 6.54 Å². The van der Waals surface area contributed by atoms with Crippen molar-refractivity contribution in [2.75, 3.05) is 13.6 Å². The van der Waals surface area contributed by atoms with E-state index in [1.807, 2.05) is 30.3 Å². The summed E-state index contributed by atoms with van der Waals surface area (Å²) in [5.41, 5.74) is 1.05. The van der Waals surface area contributed by atoms with Crippen LogP contribution in [0.4, 0.5) is 8.78 Å². The van der Waals surface area contributed by atoms with E-state index in [0.29, 0.717) is 6.54 Å². The highest BCUT2D eigenvalue weighted by Gasteiger charge is 2.22. The van der Waals surface area contributed by atoms with Crippen LogP contribution < -0.4 is 0 Å². The van der Waals surface area contributed by atoms with Crippen LogP contribution in [0.25, 0.3) is 0 Å². The summed E-state index contributed by atoms with van der Waals surface area (Å²) in [6, 6.07) is 9.60. The van der Waals surface area contributed by atoms with Gasteiger partial charge in [-0.2, -0.15) is 0 Å². The molecule has 0 radical (unpaired) electrons. The van der Waals surface area contributed by atoms with Crippen molar-refractivity contribution in [1.82, 2.24) is 4.90 Å². The Bertz CT molecular complexity index is 266. The highest BCUT2D eigenvalue weighted by atomic mass is 19.3. The van der Waals surface area contributed by atoms with Gasteiger partial charge in [-0.25, -0.2) is 8.78 Å². The fourth-order valence-electron chi connectivity index (χ4n) is 1.42. The summed E-state index contributed by atoms with van der Waals surface area (Å²) in [6.07, 6.45) is 0. The van der Waals surface area contributed by atoms with Crippen LogP contribution in [-0.4, -0.2) is 24.4 Å². The average molecular weight is 199 g/mol. The molecule has 3 heteroatoms. The van der Waals surface area contributed by atoms with Crippen molar-refractivity contribution in [2.24, 2.45) is 0 Å². The van der Waals surface area contributed by atoms with Gasteiger partial charge in [-0.15, -0.1) is 0 Å². The van der Waals surface area contributed by atoms with E-state index in [1.165, 1.54) is 0 Å². The summed E-state index contributed by atoms with van der Waals surface area (Å²) in [5, 5.41) is 0. The van der Waals surface area contributed by atoms with Crippen molar-refractivity contribution in [3.8, 4) is 0 Å². The van der Waals surface area contributed by atoms with Gasteiger partial charge in [0.1, 0.15) is 0 Å². The predicted octanol–water partition coefficient (Wildman–Crippen LogP) is 2.77. The Morgan fingerprint density at radius 3 is 2.29 bits per heavy atom. The van der Waals surface area contributed by atoms with Gasteiger partial charge in [-0.05, 0) is 12.6 Å². The number of hydrogen-bond acceptors (Lipinski definition) is 1. The molecule has 0 saturated heterocycles. The summed E-state index contributed by atoms with van der Waals surface area (Å²) < 4.78 is 25.3. The molecule has 0 amide bonds. The van der Waals surface area contributed by atoms with Crippen molar-refractivity contribution in [1.29, 1.82) is 0 Å². The van der Waals surface area contributed by atoms with Gasteiger partial charge in [0.25, 0.3) is 5.92 Å². The number of halogens is 2. The molecular weight excluding hydrogens is 184 g/mol. The van der Waals surface area contributed by atoms with Gasteiger partial charge in [-0.1, -0.05) is 30.3 Å². The van der Waals surface area contributed by atoms with Gasteiger partial charge in [0.05, 0.1) is 6.54 Å². The fraction of sp³-hybridized carbons (Fsp3) is 0.455. The second-order valence-electron chi connectivity index (χ2n) is 3.73. The molecule has 0 aliphatic carbocycles. The van der Waals surface area contributed by atoms with Crippen molar-refractivity contribution < 1.29 is 8.78 Å². The zero-order valence-corrected chi connectivity index (χ0v) is 8.50. The first-order chi connectivity index (χ1) is 6.47. The van der Waals surface area contributed by atoms with Crippen LogP contribution in [0.2, 0.25) is 0 Å². The minimum Gasteiger partial charge on any atom is -0.296 e. The standard InChI is InChI=1S/C11H15F2N/c1-11(12,13)9-14(2)8-10-6-4-3-5-7-10/h3-7H,8-9H2,1-2H3. The maximum Gasteiger partial charge on any atom is 0.257 e. The Balaban J connectivity index is 2.46. The van der Waals surface area contributed by atoms with Gasteiger partial charge in [0, 0.05) is 13.5 Å². The lowest BCUT2D eigenvalue weighted by atomic mass is 10.2. The minimum absolute atomic E-state index is 0.206. The number of rotatable bonds is 4. The Morgan fingerprint density at radius 2 is 1.79 bits per heavy atom. The van der Waals surface area contributed by atoms with Gasteiger partial charge in [0.2, 0.25) is 0 Å². The Kier molecular flexibility index (Phi) is 3.58. The van der Waals surface area contributed by atoms with Gasteiger partial charge in [0.15, 0.2) is 0 Å². The summed E-state index contributed by atoms with van der Waals surface area (Å²) >= 11 is 0. The number of alkyl halides is 2. The fourth-order valence-corrected chi connectivity index (χ4v) is 1.42. The van der Waals surface area contributed by atoms with Crippen LogP contribution in [0.5, 0.6) is 0 Å². The molecule has 0 unspecified atom stereocenters. The minimum atomic E-state index is -2.62. The van der Waals surface area contributed by atoms with E-state index in [4.69, 9.17) is 0 Å². The SMILES string of the molecule is CN(Cc1ccccc1)CC(C)(F)F. The van der Waals surface area contributed by atoms with Gasteiger partial charge in [-0.3, -0.25) is 4.90 Å². The second-order valence-corrected chi connectivity index (χ2v) is 3.73. The molecule has 0 heterocycles. The predicted molar refractivity (Wildman–Crippen MR) is 53.4 cm³/mol. The molecular formula is C11H15F2N. The smallest absolute Gasteiger partial charge is 0.257 e. The van der Waals surface area contributed by atoms with Crippen molar-refractivity contribution >= 4 is 0 Å². The van der Waals surface area contributed by atoms with Gasteiger partial charge < -0.3 is 0 Å². The quantitative estimate of drug-likeness (QED) is 0.720. The zero-order valence-electron chi connectivity index (χ0n) is 8.50. The summed E-state index contributed by atoms with van der Waals surface area (Å²) in [4.78, 5) is 1.62. The van der Waals surface area contributed by atoms with E-state index in [2.05, 4.69) is 0 Å². The lowest BCUT2D eigenvalue weighted by Crippen LogP contribution is -2.31. The van der Waals surface area contributed by atoms with Crippen LogP contribution >= 0.6 is 0 Å². The van der Waals surface area contributed by atoms with Crippen molar-refractivity contribution in [2.45, 2.75) is 19.4 Å². The Morgan fingerprint density at radius 1 is 1.21 bits per heavy atom. The molecule has 0 N–H and O–H groups in total. The van der Waals surface area contributed by atoms with Crippen LogP contribution in [0.3, 0.4) is 0 Å². The number of benzene rings is 1. The normalized spacial score (nSPS) is 12.1. The molecule has 0 bridgehead atoms. The first-order valence-corrected chi connectivity index (χ1v) is 4.58. The van der Waals surface area contributed by atoms with Crippen LogP contribution in [0, 0.1) is 0 Å². The van der Waals surface area contributed by atoms with Gasteiger partial charge >= 0.3 is 0 Å². The third kappa shape index (κ3) is 4.33. The van der Waals surface area contributed by atoms with E-state index in [0.717, 1.165) is 12.5 Å². The molecule has 1 nitrogen and oxygen atoms in total. The second kappa shape index (κ2) is 4.51. The molecule has 0 saturated carbocycles. The highest BCUT2D eigenvalue weighted by Crippen LogP contribution is 2.14. The van der Waals surface area contributed by atoms with E-state index >= 15 is 0 Å². The van der Waals surface area contributed by atoms with E-state index < -0.39 is 5.92 Å². The van der Waals surface area contributed by atoms with E-state index in [-0.39, 0.29) is 6.54 Å². The summed E-state index contributed by atoms with van der Waals surface area (Å²) in [5.74, 6) is -2.62. The monoisotopic (exact) mass is 199 g/mol. The summed E-state index contributed by atoms with van der Waals surface area (Å²) in [7, 11) is 1.70. The zero-order chi connectivity index (χ0) is 10.6. The Hall–Kier alpha value is -0.960. The first kappa shape index (κ1) is 11.1. The topological polar surface area (TPSA) is 3.24 Å². The van der Waals surface area contributed by atoms with Crippen LogP contribution in [0.15, 0.2) is 30.3 Å². The average Bonchev–Trinajstić information content (AvgIpc) is 2.02. The first-order valence-electron chi connectivity index (χ1n) is 4.58. The molecule has 0 aromatic heterocycles. The summed E-state index contributed by atoms with van der Waals surface area (Å²) in [6.45, 7) is 1.29. The van der Waals surface area contributed by atoms with Crippen molar-refractivity contribution in [3.63, 3.8) is 0 Å². The maximum atomic E-state index is 12.6. The molecule has 78 valence electrons. The molecule has 0 aliphatic rings. The lowest BCUT2D eigenvalue weighted by molar-refractivity contribution is -0.00969. The maximum absolute atomic E-state index is 12.6. The number of hydrogen-bond donors (Lipinski definition) is 0. The largest absolute Gasteiger partial charge is 0.296 e. The molecule has 0 fully saturated rings. The van der Waals surface area contributed by atoms with E-state index in [9.17, 15) is 8.78 Å². The lowest BCUT2D eigenvalue weighted by Gasteiger charge is -2.20. The molecule has 14 heavy (non-hydrogen) atoms. The molecule has 1 aromatic carbocycles. The van der Waals surface area contributed by atoms with Crippen LogP contribution in [0.1, 0.15) is 12.5 Å². The molecule has 0 atom stereocenters.